The Kier molecular flexibility index (Phi) is 9.66. The number of aromatic nitrogens is 3. The van der Waals surface area contributed by atoms with Gasteiger partial charge in [-0.15, -0.1) is 0 Å². The van der Waals surface area contributed by atoms with Crippen molar-refractivity contribution in [2.24, 2.45) is 4.99 Å². The molecule has 0 N–H and O–H groups in total. The maximum atomic E-state index is 6.57. The SMILES string of the molecule is C[Si](C)(C)CCOCN(COCC[Si](C)(C)C)c1cc(Cl)nc2c(N3C=NC(c4ccccc4)=CC3)cnn12. The zero-order chi connectivity index (χ0) is 28.0. The smallest absolute Gasteiger partial charge is 0.182 e. The fourth-order valence-electron chi connectivity index (χ4n) is 3.99. The molecule has 11 heteroatoms. The fraction of sp³-hybridized carbons (Fsp3) is 0.464. The van der Waals surface area contributed by atoms with Gasteiger partial charge in [-0.25, -0.2) is 9.98 Å². The van der Waals surface area contributed by atoms with Crippen molar-refractivity contribution in [3.05, 3.63) is 59.4 Å². The second-order valence-electron chi connectivity index (χ2n) is 12.3. The molecule has 3 heterocycles. The second-order valence-corrected chi connectivity index (χ2v) is 23.9. The molecular formula is C28H41ClN6O2Si2. The molecule has 2 aromatic heterocycles. The summed E-state index contributed by atoms with van der Waals surface area (Å²) < 4.78 is 14.1. The lowest BCUT2D eigenvalue weighted by molar-refractivity contribution is 0.0942. The lowest BCUT2D eigenvalue weighted by atomic mass is 10.1. The van der Waals surface area contributed by atoms with E-state index < -0.39 is 16.1 Å². The van der Waals surface area contributed by atoms with Crippen molar-refractivity contribution in [3.8, 4) is 0 Å². The Morgan fingerprint density at radius 2 is 1.59 bits per heavy atom. The number of rotatable bonds is 13. The van der Waals surface area contributed by atoms with E-state index in [9.17, 15) is 0 Å². The van der Waals surface area contributed by atoms with Gasteiger partial charge in [0.2, 0.25) is 0 Å². The summed E-state index contributed by atoms with van der Waals surface area (Å²) in [7, 11) is -2.39. The van der Waals surface area contributed by atoms with Crippen molar-refractivity contribution in [2.75, 3.05) is 43.0 Å². The molecule has 39 heavy (non-hydrogen) atoms. The lowest BCUT2D eigenvalue weighted by Crippen LogP contribution is -2.33. The summed E-state index contributed by atoms with van der Waals surface area (Å²) in [6.45, 7) is 17.0. The molecular weight excluding hydrogens is 544 g/mol. The van der Waals surface area contributed by atoms with Crippen LogP contribution in [0.15, 0.2) is 53.7 Å². The first-order valence-electron chi connectivity index (χ1n) is 13.5. The largest absolute Gasteiger partial charge is 0.361 e. The van der Waals surface area contributed by atoms with E-state index in [-0.39, 0.29) is 0 Å². The number of nitrogens with zero attached hydrogens (tertiary/aromatic N) is 6. The fourth-order valence-corrected chi connectivity index (χ4v) is 5.68. The average molecular weight is 585 g/mol. The number of fused-ring (bicyclic) bond motifs is 1. The van der Waals surface area contributed by atoms with Crippen LogP contribution in [0.2, 0.25) is 56.5 Å². The van der Waals surface area contributed by atoms with Gasteiger partial charge in [0.15, 0.2) is 5.65 Å². The Bertz CT molecular complexity index is 1280. The van der Waals surface area contributed by atoms with Gasteiger partial charge in [0, 0.05) is 42.0 Å². The quantitative estimate of drug-likeness (QED) is 0.0963. The monoisotopic (exact) mass is 584 g/mol. The minimum Gasteiger partial charge on any atom is -0.361 e. The van der Waals surface area contributed by atoms with Crippen molar-refractivity contribution in [1.82, 2.24) is 14.6 Å². The van der Waals surface area contributed by atoms with Crippen LogP contribution in [-0.4, -0.2) is 70.3 Å². The molecule has 0 amide bonds. The minimum absolute atomic E-state index is 0.385. The van der Waals surface area contributed by atoms with Crippen LogP contribution in [0.4, 0.5) is 11.5 Å². The summed E-state index contributed by atoms with van der Waals surface area (Å²) in [6.07, 6.45) is 5.75. The third-order valence-corrected chi connectivity index (χ3v) is 10.0. The molecule has 1 aliphatic rings. The van der Waals surface area contributed by atoms with E-state index in [1.165, 1.54) is 0 Å². The maximum Gasteiger partial charge on any atom is 0.182 e. The molecule has 1 aromatic carbocycles. The molecule has 0 atom stereocenters. The highest BCUT2D eigenvalue weighted by Crippen LogP contribution is 2.29. The van der Waals surface area contributed by atoms with Crippen LogP contribution in [0.25, 0.3) is 11.3 Å². The van der Waals surface area contributed by atoms with Crippen LogP contribution >= 0.6 is 11.6 Å². The Balaban J connectivity index is 1.55. The van der Waals surface area contributed by atoms with Crippen molar-refractivity contribution >= 4 is 56.9 Å². The summed E-state index contributed by atoms with van der Waals surface area (Å²) in [6, 6.07) is 14.2. The van der Waals surface area contributed by atoms with E-state index >= 15 is 0 Å². The van der Waals surface area contributed by atoms with Crippen molar-refractivity contribution in [3.63, 3.8) is 0 Å². The predicted octanol–water partition coefficient (Wildman–Crippen LogP) is 6.70. The zero-order valence-corrected chi connectivity index (χ0v) is 26.8. The molecule has 1 aliphatic heterocycles. The molecule has 3 aromatic rings. The molecule has 0 bridgehead atoms. The van der Waals surface area contributed by atoms with Crippen LogP contribution in [0.5, 0.6) is 0 Å². The Morgan fingerprint density at radius 1 is 0.949 bits per heavy atom. The molecule has 210 valence electrons. The van der Waals surface area contributed by atoms with Gasteiger partial charge in [0.1, 0.15) is 30.1 Å². The van der Waals surface area contributed by atoms with Crippen molar-refractivity contribution < 1.29 is 9.47 Å². The van der Waals surface area contributed by atoms with E-state index in [1.807, 2.05) is 51.1 Å². The maximum absolute atomic E-state index is 6.57. The lowest BCUT2D eigenvalue weighted by Gasteiger charge is -2.26. The number of halogens is 1. The molecule has 0 radical (unpaired) electrons. The van der Waals surface area contributed by atoms with Crippen LogP contribution in [-0.2, 0) is 9.47 Å². The first-order chi connectivity index (χ1) is 18.5. The van der Waals surface area contributed by atoms with E-state index in [2.05, 4.69) is 67.5 Å². The summed E-state index contributed by atoms with van der Waals surface area (Å²) >= 11 is 6.57. The number of anilines is 2. The van der Waals surface area contributed by atoms with Crippen molar-refractivity contribution in [2.45, 2.75) is 51.4 Å². The number of ether oxygens (including phenoxy) is 2. The van der Waals surface area contributed by atoms with Crippen molar-refractivity contribution in [1.29, 1.82) is 0 Å². The highest BCUT2D eigenvalue weighted by Gasteiger charge is 2.21. The minimum atomic E-state index is -1.20. The predicted molar refractivity (Wildman–Crippen MR) is 169 cm³/mol. The molecule has 0 spiro atoms. The first-order valence-corrected chi connectivity index (χ1v) is 21.3. The number of hydrogen-bond acceptors (Lipinski definition) is 7. The van der Waals surface area contributed by atoms with Gasteiger partial charge in [-0.2, -0.15) is 9.61 Å². The first kappa shape index (κ1) is 29.5. The van der Waals surface area contributed by atoms with Gasteiger partial charge in [0.05, 0.1) is 18.2 Å². The third-order valence-electron chi connectivity index (χ3n) is 6.41. The third kappa shape index (κ3) is 8.49. The number of aliphatic imine (C=N–C) groups is 1. The van der Waals surface area contributed by atoms with E-state index in [0.717, 1.165) is 34.9 Å². The van der Waals surface area contributed by atoms with Crippen LogP contribution in [0, 0.1) is 0 Å². The van der Waals surface area contributed by atoms with Crippen LogP contribution in [0.1, 0.15) is 5.56 Å². The molecule has 0 unspecified atom stereocenters. The second kappa shape index (κ2) is 12.8. The molecule has 0 fully saturated rings. The number of benzene rings is 1. The van der Waals surface area contributed by atoms with Gasteiger partial charge >= 0.3 is 0 Å². The highest BCUT2D eigenvalue weighted by atomic mass is 35.5. The summed E-state index contributed by atoms with van der Waals surface area (Å²) in [5, 5.41) is 5.09. The standard InChI is InChI=1S/C28H41ClN6O2Si2/c1-38(2,3)16-14-36-21-34(22-37-15-17-39(4,5)6)27-18-26(29)32-28-25(19-31-35(27)28)33-13-12-24(30-20-33)23-10-8-7-9-11-23/h7-12,18-20H,13-17,21-22H2,1-6H3. The Hall–Kier alpha value is -2.51. The molecule has 0 saturated heterocycles. The van der Waals surface area contributed by atoms with E-state index in [1.54, 1.807) is 0 Å². The van der Waals surface area contributed by atoms with Gasteiger partial charge < -0.3 is 19.3 Å². The average Bonchev–Trinajstić information content (AvgIpc) is 3.30. The summed E-state index contributed by atoms with van der Waals surface area (Å²) in [5.41, 5.74) is 3.54. The van der Waals surface area contributed by atoms with Gasteiger partial charge in [-0.05, 0) is 23.7 Å². The van der Waals surface area contributed by atoms with Gasteiger partial charge in [0.25, 0.3) is 0 Å². The van der Waals surface area contributed by atoms with E-state index in [0.29, 0.717) is 44.0 Å². The summed E-state index contributed by atoms with van der Waals surface area (Å²) in [5.74, 6) is 0.784. The molecule has 8 nitrogen and oxygen atoms in total. The van der Waals surface area contributed by atoms with Gasteiger partial charge in [-0.1, -0.05) is 81.2 Å². The molecule has 0 saturated carbocycles. The highest BCUT2D eigenvalue weighted by molar-refractivity contribution is 6.76. The molecule has 0 aliphatic carbocycles. The van der Waals surface area contributed by atoms with Crippen LogP contribution < -0.4 is 9.80 Å². The van der Waals surface area contributed by atoms with E-state index in [4.69, 9.17) is 26.2 Å². The molecule has 4 rings (SSSR count). The normalized spacial score (nSPS) is 14.2. The number of hydrogen-bond donors (Lipinski definition) is 0. The topological polar surface area (TPSA) is 67.5 Å². The van der Waals surface area contributed by atoms with Gasteiger partial charge in [-0.3, -0.25) is 0 Å². The van der Waals surface area contributed by atoms with Crippen LogP contribution in [0.3, 0.4) is 0 Å². The Labute approximate surface area is 239 Å². The summed E-state index contributed by atoms with van der Waals surface area (Å²) in [4.78, 5) is 13.4. The zero-order valence-electron chi connectivity index (χ0n) is 24.0. The Morgan fingerprint density at radius 3 is 2.15 bits per heavy atom.